The number of rotatable bonds is 3. The van der Waals surface area contributed by atoms with E-state index in [4.69, 9.17) is 9.31 Å². The van der Waals surface area contributed by atoms with Crippen molar-refractivity contribution in [3.63, 3.8) is 0 Å². The van der Waals surface area contributed by atoms with Crippen LogP contribution in [0.25, 0.3) is 0 Å². The van der Waals surface area contributed by atoms with Crippen LogP contribution < -0.4 is 10.8 Å². The number of anilines is 1. The fraction of sp³-hybridized carbons (Fsp3) is 0.357. The highest BCUT2D eigenvalue weighted by Crippen LogP contribution is 2.26. The van der Waals surface area contributed by atoms with Gasteiger partial charge in [0, 0.05) is 5.69 Å². The molecule has 0 spiro atoms. The topological polar surface area (TPSA) is 47.6 Å². The van der Waals surface area contributed by atoms with Gasteiger partial charge in [0.2, 0.25) is 5.91 Å². The van der Waals surface area contributed by atoms with Gasteiger partial charge in [-0.3, -0.25) is 4.79 Å². The van der Waals surface area contributed by atoms with Crippen molar-refractivity contribution in [2.24, 2.45) is 0 Å². The molecule has 100 valence electrons. The molecule has 0 aliphatic carbocycles. The Morgan fingerprint density at radius 2 is 2.05 bits per heavy atom. The first-order chi connectivity index (χ1) is 8.92. The molecule has 2 rings (SSSR count). The van der Waals surface area contributed by atoms with Crippen LogP contribution in [-0.4, -0.2) is 24.7 Å². The SMILES string of the molecule is C=CC(=O)Nc1ccc(B2OC(C)C(C)(C)O2)cc1. The van der Waals surface area contributed by atoms with Gasteiger partial charge in [0.15, 0.2) is 0 Å². The minimum Gasteiger partial charge on any atom is -0.402 e. The van der Waals surface area contributed by atoms with Crippen LogP contribution in [0.5, 0.6) is 0 Å². The second-order valence-electron chi connectivity index (χ2n) is 5.15. The highest BCUT2D eigenvalue weighted by atomic mass is 16.7. The molecule has 5 heteroatoms. The monoisotopic (exact) mass is 259 g/mol. The van der Waals surface area contributed by atoms with Gasteiger partial charge in [0.25, 0.3) is 0 Å². The number of hydrogen-bond acceptors (Lipinski definition) is 3. The summed E-state index contributed by atoms with van der Waals surface area (Å²) in [4.78, 5) is 11.2. The van der Waals surface area contributed by atoms with Crippen LogP contribution in [0.4, 0.5) is 5.69 Å². The molecule has 0 aromatic heterocycles. The van der Waals surface area contributed by atoms with Gasteiger partial charge in [-0.2, -0.15) is 0 Å². The van der Waals surface area contributed by atoms with Crippen molar-refractivity contribution >= 4 is 24.2 Å². The number of hydrogen-bond donors (Lipinski definition) is 1. The van der Waals surface area contributed by atoms with Crippen LogP contribution in [0.3, 0.4) is 0 Å². The van der Waals surface area contributed by atoms with Gasteiger partial charge in [-0.05, 0) is 44.4 Å². The first-order valence-electron chi connectivity index (χ1n) is 6.29. The third-order valence-electron chi connectivity index (χ3n) is 3.35. The highest BCUT2D eigenvalue weighted by molar-refractivity contribution is 6.62. The molecule has 1 saturated heterocycles. The van der Waals surface area contributed by atoms with Gasteiger partial charge >= 0.3 is 7.12 Å². The second kappa shape index (κ2) is 5.19. The summed E-state index contributed by atoms with van der Waals surface area (Å²) in [7, 11) is -0.353. The van der Waals surface area contributed by atoms with Crippen molar-refractivity contribution < 1.29 is 14.1 Å². The molecular formula is C14H18BNO3. The Labute approximate surface area is 113 Å². The molecule has 0 radical (unpaired) electrons. The fourth-order valence-electron chi connectivity index (χ4n) is 1.81. The molecule has 0 saturated carbocycles. The predicted octanol–water partition coefficient (Wildman–Crippen LogP) is 1.72. The van der Waals surface area contributed by atoms with E-state index >= 15 is 0 Å². The lowest BCUT2D eigenvalue weighted by atomic mass is 9.79. The summed E-state index contributed by atoms with van der Waals surface area (Å²) in [6.45, 7) is 9.43. The Bertz CT molecular complexity index is 484. The summed E-state index contributed by atoms with van der Waals surface area (Å²) >= 11 is 0. The third kappa shape index (κ3) is 3.05. The molecule has 1 aromatic carbocycles. The molecule has 1 atom stereocenters. The molecular weight excluding hydrogens is 241 g/mol. The van der Waals surface area contributed by atoms with Crippen LogP contribution >= 0.6 is 0 Å². The number of carbonyl (C=O) groups is 1. The molecule has 1 N–H and O–H groups in total. The summed E-state index contributed by atoms with van der Waals surface area (Å²) in [6, 6.07) is 7.41. The molecule has 1 heterocycles. The van der Waals surface area contributed by atoms with E-state index < -0.39 is 0 Å². The zero-order valence-electron chi connectivity index (χ0n) is 11.5. The lowest BCUT2D eigenvalue weighted by Crippen LogP contribution is -2.34. The van der Waals surface area contributed by atoms with Gasteiger partial charge in [0.1, 0.15) is 0 Å². The fourth-order valence-corrected chi connectivity index (χ4v) is 1.81. The first kappa shape index (κ1) is 13.8. The highest BCUT2D eigenvalue weighted by Gasteiger charge is 2.43. The average Bonchev–Trinajstić information content (AvgIpc) is 2.64. The van der Waals surface area contributed by atoms with E-state index in [9.17, 15) is 4.79 Å². The van der Waals surface area contributed by atoms with Gasteiger partial charge < -0.3 is 14.6 Å². The van der Waals surface area contributed by atoms with Crippen LogP contribution in [-0.2, 0) is 14.1 Å². The number of amides is 1. The molecule has 4 nitrogen and oxygen atoms in total. The Kier molecular flexibility index (Phi) is 3.78. The van der Waals surface area contributed by atoms with Crippen molar-refractivity contribution in [1.82, 2.24) is 0 Å². The zero-order valence-corrected chi connectivity index (χ0v) is 11.5. The van der Waals surface area contributed by atoms with E-state index in [1.807, 2.05) is 45.0 Å². The Balaban J connectivity index is 2.07. The maximum Gasteiger partial charge on any atom is 0.494 e. The third-order valence-corrected chi connectivity index (χ3v) is 3.35. The smallest absolute Gasteiger partial charge is 0.402 e. The van der Waals surface area contributed by atoms with Crippen molar-refractivity contribution in [3.05, 3.63) is 36.9 Å². The van der Waals surface area contributed by atoms with Crippen molar-refractivity contribution in [1.29, 1.82) is 0 Å². The minimum absolute atomic E-state index is 0.0395. The Morgan fingerprint density at radius 1 is 1.42 bits per heavy atom. The quantitative estimate of drug-likeness (QED) is 0.664. The summed E-state index contributed by atoms with van der Waals surface area (Å²) in [5, 5.41) is 2.70. The predicted molar refractivity (Wildman–Crippen MR) is 76.4 cm³/mol. The van der Waals surface area contributed by atoms with Crippen molar-refractivity contribution in [2.75, 3.05) is 5.32 Å². The van der Waals surface area contributed by atoms with Gasteiger partial charge in [0.05, 0.1) is 11.7 Å². The van der Waals surface area contributed by atoms with Crippen LogP contribution in [0, 0.1) is 0 Å². The molecule has 0 bridgehead atoms. The van der Waals surface area contributed by atoms with Crippen LogP contribution in [0.2, 0.25) is 0 Å². The van der Waals surface area contributed by atoms with Gasteiger partial charge in [-0.1, -0.05) is 18.7 Å². The second-order valence-corrected chi connectivity index (χ2v) is 5.15. The van der Waals surface area contributed by atoms with Crippen LogP contribution in [0.15, 0.2) is 36.9 Å². The summed E-state index contributed by atoms with van der Waals surface area (Å²) in [6.07, 6.45) is 1.28. The summed E-state index contributed by atoms with van der Waals surface area (Å²) in [5.41, 5.74) is 1.37. The molecule has 1 aromatic rings. The Hall–Kier alpha value is -1.59. The molecule has 1 aliphatic rings. The Morgan fingerprint density at radius 3 is 2.53 bits per heavy atom. The molecule has 19 heavy (non-hydrogen) atoms. The molecule has 1 fully saturated rings. The van der Waals surface area contributed by atoms with E-state index in [0.717, 1.165) is 11.2 Å². The largest absolute Gasteiger partial charge is 0.494 e. The van der Waals surface area contributed by atoms with Crippen molar-refractivity contribution in [3.8, 4) is 0 Å². The number of nitrogens with one attached hydrogen (secondary N) is 1. The van der Waals surface area contributed by atoms with E-state index in [-0.39, 0.29) is 24.7 Å². The standard InChI is InChI=1S/C14H18BNO3/c1-5-13(17)16-12-8-6-11(7-9-12)15-18-10(2)14(3,4)19-15/h5-10H,1H2,2-4H3,(H,16,17). The lowest BCUT2D eigenvalue weighted by molar-refractivity contribution is -0.111. The van der Waals surface area contributed by atoms with Crippen molar-refractivity contribution in [2.45, 2.75) is 32.5 Å². The summed E-state index contributed by atoms with van der Waals surface area (Å²) in [5.74, 6) is -0.226. The normalized spacial score (nSPS) is 21.2. The molecule has 1 aliphatic heterocycles. The average molecular weight is 259 g/mol. The van der Waals surface area contributed by atoms with Gasteiger partial charge in [-0.25, -0.2) is 0 Å². The first-order valence-corrected chi connectivity index (χ1v) is 6.29. The maximum absolute atomic E-state index is 11.2. The lowest BCUT2D eigenvalue weighted by Gasteiger charge is -2.21. The van der Waals surface area contributed by atoms with Crippen LogP contribution in [0.1, 0.15) is 20.8 Å². The minimum atomic E-state index is -0.353. The number of benzene rings is 1. The molecule has 1 amide bonds. The van der Waals surface area contributed by atoms with E-state index in [2.05, 4.69) is 11.9 Å². The van der Waals surface area contributed by atoms with E-state index in [1.54, 1.807) is 0 Å². The van der Waals surface area contributed by atoms with E-state index in [1.165, 1.54) is 6.08 Å². The maximum atomic E-state index is 11.2. The number of carbonyl (C=O) groups excluding carboxylic acids is 1. The summed E-state index contributed by atoms with van der Waals surface area (Å²) < 4.78 is 11.6. The van der Waals surface area contributed by atoms with Gasteiger partial charge in [-0.15, -0.1) is 0 Å². The van der Waals surface area contributed by atoms with E-state index in [0.29, 0.717) is 0 Å². The molecule has 1 unspecified atom stereocenters. The zero-order chi connectivity index (χ0) is 14.0.